The maximum atomic E-state index is 11.9. The summed E-state index contributed by atoms with van der Waals surface area (Å²) < 4.78 is 0. The molecule has 0 bridgehead atoms. The minimum Gasteiger partial charge on any atom is -0.321 e. The molecule has 1 heterocycles. The van der Waals surface area contributed by atoms with E-state index in [-0.39, 0.29) is 11.1 Å². The fourth-order valence-electron chi connectivity index (χ4n) is 1.58. The van der Waals surface area contributed by atoms with Crippen molar-refractivity contribution in [2.75, 3.05) is 5.32 Å². The number of nitrogens with one attached hydrogen (secondary N) is 1. The highest BCUT2D eigenvalue weighted by Gasteiger charge is 2.15. The Morgan fingerprint density at radius 1 is 1.37 bits per heavy atom. The van der Waals surface area contributed by atoms with Crippen molar-refractivity contribution >= 4 is 23.2 Å². The Labute approximate surface area is 115 Å². The van der Waals surface area contributed by atoms with E-state index in [1.165, 1.54) is 12.5 Å². The van der Waals surface area contributed by atoms with Crippen molar-refractivity contribution in [1.82, 2.24) is 9.97 Å². The molecule has 1 aromatic heterocycles. The van der Waals surface area contributed by atoms with Crippen LogP contribution in [0.15, 0.2) is 42.9 Å². The number of benzene rings is 1. The van der Waals surface area contributed by atoms with E-state index in [4.69, 9.17) is 17.3 Å². The molecule has 0 unspecified atom stereocenters. The van der Waals surface area contributed by atoms with Gasteiger partial charge in [-0.05, 0) is 12.0 Å². The number of amides is 1. The molecule has 0 radical (unpaired) electrons. The van der Waals surface area contributed by atoms with Gasteiger partial charge in [0.05, 0.1) is 17.9 Å². The Morgan fingerprint density at radius 3 is 2.79 bits per heavy atom. The quantitative estimate of drug-likeness (QED) is 0.832. The number of carbonyl (C=O) groups excluding carboxylic acids is 1. The first-order valence-electron chi connectivity index (χ1n) is 5.72. The van der Waals surface area contributed by atoms with Crippen molar-refractivity contribution in [3.05, 3.63) is 53.6 Å². The number of aromatic nitrogens is 2. The lowest BCUT2D eigenvalue weighted by Gasteiger charge is -2.12. The van der Waals surface area contributed by atoms with Gasteiger partial charge in [0.15, 0.2) is 5.15 Å². The van der Waals surface area contributed by atoms with Gasteiger partial charge in [0.1, 0.15) is 6.33 Å². The molecule has 2 aromatic rings. The lowest BCUT2D eigenvalue weighted by molar-refractivity contribution is -0.117. The first kappa shape index (κ1) is 13.5. The van der Waals surface area contributed by atoms with Crippen molar-refractivity contribution in [1.29, 1.82) is 0 Å². The van der Waals surface area contributed by atoms with E-state index in [1.54, 1.807) is 0 Å². The highest BCUT2D eigenvalue weighted by atomic mass is 35.5. The van der Waals surface area contributed by atoms with E-state index in [0.29, 0.717) is 12.1 Å². The van der Waals surface area contributed by atoms with Crippen LogP contribution in [-0.4, -0.2) is 21.9 Å². The number of rotatable bonds is 4. The summed E-state index contributed by atoms with van der Waals surface area (Å²) in [6.07, 6.45) is 3.20. The van der Waals surface area contributed by atoms with Gasteiger partial charge >= 0.3 is 0 Å². The molecule has 1 atom stereocenters. The Morgan fingerprint density at radius 2 is 2.11 bits per heavy atom. The second-order valence-corrected chi connectivity index (χ2v) is 4.37. The molecule has 6 heteroatoms. The lowest BCUT2D eigenvalue weighted by Crippen LogP contribution is -2.37. The van der Waals surface area contributed by atoms with Crippen LogP contribution in [0.2, 0.25) is 5.15 Å². The molecule has 1 amide bonds. The SMILES string of the molecule is N[C@@H](Cc1ccccc1)C(=O)Nc1cncnc1Cl. The summed E-state index contributed by atoms with van der Waals surface area (Å²) in [4.78, 5) is 19.5. The number of halogens is 1. The average molecular weight is 277 g/mol. The summed E-state index contributed by atoms with van der Waals surface area (Å²) in [6, 6.07) is 8.91. The Bertz CT molecular complexity index is 562. The zero-order valence-corrected chi connectivity index (χ0v) is 10.8. The van der Waals surface area contributed by atoms with Gasteiger partial charge in [-0.15, -0.1) is 0 Å². The largest absolute Gasteiger partial charge is 0.321 e. The van der Waals surface area contributed by atoms with Gasteiger partial charge < -0.3 is 11.1 Å². The molecule has 19 heavy (non-hydrogen) atoms. The van der Waals surface area contributed by atoms with Gasteiger partial charge in [-0.3, -0.25) is 4.79 Å². The standard InChI is InChI=1S/C13H13ClN4O/c14-12-11(7-16-8-17-12)18-13(19)10(15)6-9-4-2-1-3-5-9/h1-5,7-8,10H,6,15H2,(H,18,19)/t10-/m0/s1. The number of nitrogens with two attached hydrogens (primary N) is 1. The summed E-state index contributed by atoms with van der Waals surface area (Å²) in [5.41, 5.74) is 7.21. The van der Waals surface area contributed by atoms with Gasteiger partial charge in [-0.1, -0.05) is 41.9 Å². The van der Waals surface area contributed by atoms with E-state index in [9.17, 15) is 4.79 Å². The van der Waals surface area contributed by atoms with Gasteiger partial charge in [0.25, 0.3) is 0 Å². The normalized spacial score (nSPS) is 11.9. The summed E-state index contributed by atoms with van der Waals surface area (Å²) in [5.74, 6) is -0.319. The molecule has 1 aromatic carbocycles. The van der Waals surface area contributed by atoms with E-state index in [2.05, 4.69) is 15.3 Å². The highest BCUT2D eigenvalue weighted by Crippen LogP contribution is 2.16. The molecule has 5 nitrogen and oxygen atoms in total. The molecule has 0 saturated carbocycles. The van der Waals surface area contributed by atoms with Crippen LogP contribution in [0.25, 0.3) is 0 Å². The van der Waals surface area contributed by atoms with Crippen LogP contribution < -0.4 is 11.1 Å². The number of nitrogens with zero attached hydrogens (tertiary/aromatic N) is 2. The third-order valence-corrected chi connectivity index (χ3v) is 2.86. The maximum absolute atomic E-state index is 11.9. The molecule has 0 aliphatic carbocycles. The number of hydrogen-bond acceptors (Lipinski definition) is 4. The molecule has 0 aliphatic rings. The Balaban J connectivity index is 1.99. The Kier molecular flexibility index (Phi) is 4.43. The topological polar surface area (TPSA) is 80.9 Å². The van der Waals surface area contributed by atoms with Crippen LogP contribution in [0.5, 0.6) is 0 Å². The molecule has 0 aliphatic heterocycles. The van der Waals surface area contributed by atoms with Crippen LogP contribution in [0.4, 0.5) is 5.69 Å². The third-order valence-electron chi connectivity index (χ3n) is 2.56. The first-order chi connectivity index (χ1) is 9.16. The van der Waals surface area contributed by atoms with E-state index < -0.39 is 6.04 Å². The van der Waals surface area contributed by atoms with Gasteiger partial charge in [0.2, 0.25) is 5.91 Å². The van der Waals surface area contributed by atoms with E-state index >= 15 is 0 Å². The third kappa shape index (κ3) is 3.74. The Hall–Kier alpha value is -1.98. The van der Waals surface area contributed by atoms with Crippen molar-refractivity contribution in [3.63, 3.8) is 0 Å². The van der Waals surface area contributed by atoms with E-state index in [1.807, 2.05) is 30.3 Å². The molecule has 2 rings (SSSR count). The minimum atomic E-state index is -0.654. The summed E-state index contributed by atoms with van der Waals surface area (Å²) >= 11 is 5.83. The van der Waals surface area contributed by atoms with Gasteiger partial charge in [-0.2, -0.15) is 0 Å². The van der Waals surface area contributed by atoms with E-state index in [0.717, 1.165) is 5.56 Å². The molecular weight excluding hydrogens is 264 g/mol. The fraction of sp³-hybridized carbons (Fsp3) is 0.154. The van der Waals surface area contributed by atoms with Crippen molar-refractivity contribution < 1.29 is 4.79 Å². The molecule has 0 fully saturated rings. The molecule has 98 valence electrons. The molecule has 0 saturated heterocycles. The number of hydrogen-bond donors (Lipinski definition) is 2. The van der Waals surface area contributed by atoms with Crippen LogP contribution >= 0.6 is 11.6 Å². The van der Waals surface area contributed by atoms with Crippen LogP contribution in [0.1, 0.15) is 5.56 Å². The summed E-state index contributed by atoms with van der Waals surface area (Å²) in [7, 11) is 0. The van der Waals surface area contributed by atoms with Crippen LogP contribution in [0, 0.1) is 0 Å². The minimum absolute atomic E-state index is 0.190. The zero-order chi connectivity index (χ0) is 13.7. The monoisotopic (exact) mass is 276 g/mol. The zero-order valence-electron chi connectivity index (χ0n) is 10.1. The lowest BCUT2D eigenvalue weighted by atomic mass is 10.1. The average Bonchev–Trinajstić information content (AvgIpc) is 2.42. The number of anilines is 1. The molecular formula is C13H13ClN4O. The second kappa shape index (κ2) is 6.26. The molecule has 0 spiro atoms. The predicted molar refractivity (Wildman–Crippen MR) is 73.8 cm³/mol. The van der Waals surface area contributed by atoms with Crippen LogP contribution in [0.3, 0.4) is 0 Å². The maximum Gasteiger partial charge on any atom is 0.241 e. The fourth-order valence-corrected chi connectivity index (χ4v) is 1.72. The smallest absolute Gasteiger partial charge is 0.241 e. The summed E-state index contributed by atoms with van der Waals surface area (Å²) in [5, 5.41) is 2.80. The number of carbonyl (C=O) groups is 1. The van der Waals surface area contributed by atoms with Crippen molar-refractivity contribution in [3.8, 4) is 0 Å². The second-order valence-electron chi connectivity index (χ2n) is 4.01. The molecule has 3 N–H and O–H groups in total. The highest BCUT2D eigenvalue weighted by molar-refractivity contribution is 6.32. The van der Waals surface area contributed by atoms with Gasteiger partial charge in [-0.25, -0.2) is 9.97 Å². The van der Waals surface area contributed by atoms with Gasteiger partial charge in [0, 0.05) is 0 Å². The summed E-state index contributed by atoms with van der Waals surface area (Å²) in [6.45, 7) is 0. The van der Waals surface area contributed by atoms with Crippen LogP contribution in [-0.2, 0) is 11.2 Å². The van der Waals surface area contributed by atoms with Crippen molar-refractivity contribution in [2.45, 2.75) is 12.5 Å². The van der Waals surface area contributed by atoms with Crippen molar-refractivity contribution in [2.24, 2.45) is 5.73 Å². The first-order valence-corrected chi connectivity index (χ1v) is 6.10. The predicted octanol–water partition coefficient (Wildman–Crippen LogP) is 1.64.